The van der Waals surface area contributed by atoms with E-state index >= 15 is 0 Å². The molecule has 1 heteroatoms. The molecule has 1 aliphatic rings. The molecule has 1 fully saturated rings. The van der Waals surface area contributed by atoms with Crippen molar-refractivity contribution < 1.29 is 4.74 Å². The van der Waals surface area contributed by atoms with E-state index in [1.54, 1.807) is 0 Å². The van der Waals surface area contributed by atoms with E-state index in [-0.39, 0.29) is 0 Å². The third kappa shape index (κ3) is 6.67. The molecule has 0 aromatic heterocycles. The van der Waals surface area contributed by atoms with Crippen LogP contribution in [0.4, 0.5) is 0 Å². The summed E-state index contributed by atoms with van der Waals surface area (Å²) >= 11 is 0. The Morgan fingerprint density at radius 2 is 1.61 bits per heavy atom. The van der Waals surface area contributed by atoms with Crippen LogP contribution in [0.25, 0.3) is 0 Å². The molecule has 1 aromatic rings. The SMILES string of the molecule is CCCCCCCCC1CCC(c2ccc(CCC)cc2)CO1. The molecule has 2 atom stereocenters. The van der Waals surface area contributed by atoms with Crippen LogP contribution in [0.1, 0.15) is 95.1 Å². The second-order valence-corrected chi connectivity index (χ2v) is 7.28. The Labute approximate surface area is 143 Å². The predicted octanol–water partition coefficient (Wildman–Crippen LogP) is 6.65. The highest BCUT2D eigenvalue weighted by Crippen LogP contribution is 2.30. The number of rotatable bonds is 10. The highest BCUT2D eigenvalue weighted by Gasteiger charge is 2.22. The van der Waals surface area contributed by atoms with Gasteiger partial charge in [0.25, 0.3) is 0 Å². The lowest BCUT2D eigenvalue weighted by Crippen LogP contribution is -2.24. The molecule has 1 nitrogen and oxygen atoms in total. The zero-order valence-electron chi connectivity index (χ0n) is 15.4. The molecule has 23 heavy (non-hydrogen) atoms. The fraction of sp³-hybridized carbons (Fsp3) is 0.727. The van der Waals surface area contributed by atoms with Crippen LogP contribution in [0.2, 0.25) is 0 Å². The van der Waals surface area contributed by atoms with Crippen molar-refractivity contribution in [3.05, 3.63) is 35.4 Å². The second kappa shape index (κ2) is 10.9. The number of unbranched alkanes of at least 4 members (excludes halogenated alkanes) is 5. The van der Waals surface area contributed by atoms with E-state index in [0.717, 1.165) is 6.61 Å². The first-order chi connectivity index (χ1) is 11.3. The number of hydrogen-bond donors (Lipinski definition) is 0. The standard InChI is InChI=1S/C22H36O/c1-3-5-6-7-8-9-11-22-17-16-21(18-23-22)20-14-12-19(10-4-2)13-15-20/h12-15,21-22H,3-11,16-18H2,1-2H3. The van der Waals surface area contributed by atoms with Crippen molar-refractivity contribution >= 4 is 0 Å². The van der Waals surface area contributed by atoms with E-state index in [1.165, 1.54) is 81.8 Å². The molecular weight excluding hydrogens is 280 g/mol. The Morgan fingerprint density at radius 1 is 0.870 bits per heavy atom. The predicted molar refractivity (Wildman–Crippen MR) is 100 cm³/mol. The van der Waals surface area contributed by atoms with Crippen molar-refractivity contribution in [1.29, 1.82) is 0 Å². The maximum absolute atomic E-state index is 6.15. The fourth-order valence-corrected chi connectivity index (χ4v) is 3.69. The fourth-order valence-electron chi connectivity index (χ4n) is 3.69. The third-order valence-electron chi connectivity index (χ3n) is 5.24. The van der Waals surface area contributed by atoms with Gasteiger partial charge in [0.1, 0.15) is 0 Å². The van der Waals surface area contributed by atoms with Gasteiger partial charge in [0.2, 0.25) is 0 Å². The zero-order valence-corrected chi connectivity index (χ0v) is 15.4. The first kappa shape index (κ1) is 18.5. The molecule has 0 aliphatic carbocycles. The molecule has 130 valence electrons. The summed E-state index contributed by atoms with van der Waals surface area (Å²) in [6.45, 7) is 5.45. The highest BCUT2D eigenvalue weighted by atomic mass is 16.5. The van der Waals surface area contributed by atoms with Gasteiger partial charge in [-0.3, -0.25) is 0 Å². The molecule has 0 spiro atoms. The quantitative estimate of drug-likeness (QED) is 0.439. The molecule has 2 rings (SSSR count). The van der Waals surface area contributed by atoms with Crippen LogP contribution in [0.15, 0.2) is 24.3 Å². The third-order valence-corrected chi connectivity index (χ3v) is 5.24. The summed E-state index contributed by atoms with van der Waals surface area (Å²) in [5, 5.41) is 0. The molecule has 1 aliphatic heterocycles. The van der Waals surface area contributed by atoms with E-state index in [2.05, 4.69) is 38.1 Å². The van der Waals surface area contributed by atoms with Crippen LogP contribution in [0.3, 0.4) is 0 Å². The van der Waals surface area contributed by atoms with Crippen LogP contribution in [0, 0.1) is 0 Å². The average molecular weight is 317 g/mol. The first-order valence-corrected chi connectivity index (χ1v) is 10.0. The largest absolute Gasteiger partial charge is 0.378 e. The van der Waals surface area contributed by atoms with Crippen LogP contribution in [-0.4, -0.2) is 12.7 Å². The smallest absolute Gasteiger partial charge is 0.0575 e. The molecule has 0 N–H and O–H groups in total. The normalized spacial score (nSPS) is 21.5. The number of hydrogen-bond acceptors (Lipinski definition) is 1. The minimum absolute atomic E-state index is 0.525. The van der Waals surface area contributed by atoms with Gasteiger partial charge in [-0.25, -0.2) is 0 Å². The van der Waals surface area contributed by atoms with Gasteiger partial charge >= 0.3 is 0 Å². The second-order valence-electron chi connectivity index (χ2n) is 7.28. The van der Waals surface area contributed by atoms with Crippen molar-refractivity contribution in [3.63, 3.8) is 0 Å². The van der Waals surface area contributed by atoms with Crippen LogP contribution in [-0.2, 0) is 11.2 Å². The first-order valence-electron chi connectivity index (χ1n) is 10.0. The lowest BCUT2D eigenvalue weighted by Gasteiger charge is -2.29. The number of ether oxygens (including phenoxy) is 1. The Balaban J connectivity index is 1.63. The van der Waals surface area contributed by atoms with E-state index in [0.29, 0.717) is 12.0 Å². The molecule has 1 heterocycles. The van der Waals surface area contributed by atoms with Crippen molar-refractivity contribution in [1.82, 2.24) is 0 Å². The van der Waals surface area contributed by atoms with Crippen LogP contribution >= 0.6 is 0 Å². The Morgan fingerprint density at radius 3 is 2.26 bits per heavy atom. The van der Waals surface area contributed by atoms with Gasteiger partial charge in [0.05, 0.1) is 12.7 Å². The monoisotopic (exact) mass is 316 g/mol. The number of benzene rings is 1. The summed E-state index contributed by atoms with van der Waals surface area (Å²) in [5.74, 6) is 0.617. The summed E-state index contributed by atoms with van der Waals surface area (Å²) in [4.78, 5) is 0. The Kier molecular flexibility index (Phi) is 8.74. The molecule has 0 saturated carbocycles. The van der Waals surface area contributed by atoms with Gasteiger partial charge < -0.3 is 4.74 Å². The van der Waals surface area contributed by atoms with Crippen molar-refractivity contribution in [2.75, 3.05) is 6.61 Å². The van der Waals surface area contributed by atoms with Gasteiger partial charge in [0.15, 0.2) is 0 Å². The molecule has 1 saturated heterocycles. The van der Waals surface area contributed by atoms with Crippen LogP contribution < -0.4 is 0 Å². The topological polar surface area (TPSA) is 9.23 Å². The minimum atomic E-state index is 0.525. The Hall–Kier alpha value is -0.820. The van der Waals surface area contributed by atoms with Gasteiger partial charge in [-0.15, -0.1) is 0 Å². The van der Waals surface area contributed by atoms with Crippen molar-refractivity contribution in [2.24, 2.45) is 0 Å². The molecule has 0 radical (unpaired) electrons. The molecular formula is C22H36O. The zero-order chi connectivity index (χ0) is 16.3. The maximum atomic E-state index is 6.15. The van der Waals surface area contributed by atoms with E-state index in [9.17, 15) is 0 Å². The van der Waals surface area contributed by atoms with Gasteiger partial charge in [-0.2, -0.15) is 0 Å². The summed E-state index contributed by atoms with van der Waals surface area (Å²) < 4.78 is 6.15. The van der Waals surface area contributed by atoms with Crippen LogP contribution in [0.5, 0.6) is 0 Å². The molecule has 1 aromatic carbocycles. The maximum Gasteiger partial charge on any atom is 0.0575 e. The van der Waals surface area contributed by atoms with Gasteiger partial charge in [-0.1, -0.05) is 83.1 Å². The summed E-state index contributed by atoms with van der Waals surface area (Å²) in [6, 6.07) is 9.27. The molecule has 0 amide bonds. The van der Waals surface area contributed by atoms with Crippen molar-refractivity contribution in [3.8, 4) is 0 Å². The lowest BCUT2D eigenvalue weighted by atomic mass is 9.89. The van der Waals surface area contributed by atoms with E-state index < -0.39 is 0 Å². The molecule has 2 unspecified atom stereocenters. The number of aryl methyl sites for hydroxylation is 1. The minimum Gasteiger partial charge on any atom is -0.378 e. The summed E-state index contributed by atoms with van der Waals surface area (Å²) in [7, 11) is 0. The summed E-state index contributed by atoms with van der Waals surface area (Å²) in [5.41, 5.74) is 2.94. The van der Waals surface area contributed by atoms with Gasteiger partial charge in [-0.05, 0) is 36.8 Å². The lowest BCUT2D eigenvalue weighted by molar-refractivity contribution is -0.00214. The molecule has 0 bridgehead atoms. The highest BCUT2D eigenvalue weighted by molar-refractivity contribution is 5.26. The average Bonchev–Trinajstić information content (AvgIpc) is 2.60. The van der Waals surface area contributed by atoms with E-state index in [1.807, 2.05) is 0 Å². The van der Waals surface area contributed by atoms with Gasteiger partial charge in [0, 0.05) is 5.92 Å². The Bertz CT molecular complexity index is 400. The van der Waals surface area contributed by atoms with E-state index in [4.69, 9.17) is 4.74 Å². The summed E-state index contributed by atoms with van der Waals surface area (Å²) in [6.07, 6.45) is 15.1. The van der Waals surface area contributed by atoms with Crippen molar-refractivity contribution in [2.45, 2.75) is 96.5 Å².